The number of halogens is 1. The fourth-order valence-corrected chi connectivity index (χ4v) is 3.69. The summed E-state index contributed by atoms with van der Waals surface area (Å²) in [5.74, 6) is 2.17. The minimum atomic E-state index is -0.255. The molecule has 0 unspecified atom stereocenters. The maximum atomic E-state index is 13.5. The lowest BCUT2D eigenvalue weighted by Crippen LogP contribution is -2.40. The number of nitrogens with zero attached hydrogens (tertiary/aromatic N) is 3. The Balaban J connectivity index is 1.49. The Bertz CT molecular complexity index is 749. The number of ether oxygens (including phenoxy) is 2. The van der Waals surface area contributed by atoms with Crippen LogP contribution in [-0.2, 0) is 24.3 Å². The fraction of sp³-hybridized carbons (Fsp3) is 0.556. The van der Waals surface area contributed by atoms with Crippen LogP contribution >= 0.6 is 0 Å². The minimum absolute atomic E-state index is 0.173. The zero-order valence-corrected chi connectivity index (χ0v) is 14.4. The molecule has 1 aromatic carbocycles. The molecule has 134 valence electrons. The second-order valence-electron chi connectivity index (χ2n) is 6.69. The molecule has 1 N–H and O–H groups in total. The van der Waals surface area contributed by atoms with Crippen LogP contribution in [0.5, 0.6) is 5.75 Å². The zero-order valence-electron chi connectivity index (χ0n) is 14.4. The van der Waals surface area contributed by atoms with Crippen molar-refractivity contribution in [1.29, 1.82) is 0 Å². The first kappa shape index (κ1) is 16.5. The molecule has 4 rings (SSSR count). The Kier molecular flexibility index (Phi) is 4.67. The van der Waals surface area contributed by atoms with Crippen LogP contribution in [0.25, 0.3) is 0 Å². The van der Waals surface area contributed by atoms with E-state index in [1.807, 2.05) is 10.7 Å². The minimum Gasteiger partial charge on any atom is -0.493 e. The number of hydrogen-bond acceptors (Lipinski definition) is 5. The first-order chi connectivity index (χ1) is 12.2. The van der Waals surface area contributed by atoms with Crippen molar-refractivity contribution in [3.63, 3.8) is 0 Å². The lowest BCUT2D eigenvalue weighted by atomic mass is 9.99. The van der Waals surface area contributed by atoms with Crippen LogP contribution in [0.1, 0.15) is 42.5 Å². The molecule has 0 saturated carbocycles. The molecule has 7 heteroatoms. The highest BCUT2D eigenvalue weighted by molar-refractivity contribution is 5.37. The second kappa shape index (κ2) is 7.09. The normalized spacial score (nSPS) is 22.6. The van der Waals surface area contributed by atoms with E-state index in [9.17, 15) is 4.39 Å². The van der Waals surface area contributed by atoms with Crippen LogP contribution < -0.4 is 10.1 Å². The van der Waals surface area contributed by atoms with Gasteiger partial charge in [-0.3, -0.25) is 0 Å². The molecule has 2 atom stereocenters. The molecule has 0 radical (unpaired) electrons. The average molecular weight is 346 g/mol. The number of nitrogens with one attached hydrogen (secondary N) is 1. The molecule has 3 heterocycles. The molecule has 0 saturated heterocycles. The van der Waals surface area contributed by atoms with E-state index >= 15 is 0 Å². The van der Waals surface area contributed by atoms with Crippen molar-refractivity contribution in [2.45, 2.75) is 50.9 Å². The van der Waals surface area contributed by atoms with E-state index in [4.69, 9.17) is 9.47 Å². The Labute approximate surface area is 146 Å². The summed E-state index contributed by atoms with van der Waals surface area (Å²) in [6, 6.07) is 5.32. The van der Waals surface area contributed by atoms with Gasteiger partial charge in [-0.2, -0.15) is 5.10 Å². The van der Waals surface area contributed by atoms with Crippen molar-refractivity contribution < 1.29 is 13.9 Å². The van der Waals surface area contributed by atoms with E-state index in [1.165, 1.54) is 12.1 Å². The monoisotopic (exact) mass is 346 g/mol. The van der Waals surface area contributed by atoms with Crippen molar-refractivity contribution in [2.75, 3.05) is 13.7 Å². The van der Waals surface area contributed by atoms with E-state index in [-0.39, 0.29) is 11.9 Å². The van der Waals surface area contributed by atoms with Crippen molar-refractivity contribution in [3.8, 4) is 5.75 Å². The molecule has 2 aliphatic heterocycles. The van der Waals surface area contributed by atoms with Crippen LogP contribution in [0, 0.1) is 5.82 Å². The summed E-state index contributed by atoms with van der Waals surface area (Å²) in [5.41, 5.74) is 1.04. The molecule has 1 aromatic heterocycles. The van der Waals surface area contributed by atoms with E-state index in [2.05, 4.69) is 15.4 Å². The third-order valence-corrected chi connectivity index (χ3v) is 4.86. The summed E-state index contributed by atoms with van der Waals surface area (Å²) in [6.45, 7) is 1.86. The highest BCUT2D eigenvalue weighted by Crippen LogP contribution is 2.33. The van der Waals surface area contributed by atoms with Gasteiger partial charge in [-0.1, -0.05) is 6.07 Å². The molecule has 0 bridgehead atoms. The van der Waals surface area contributed by atoms with Crippen molar-refractivity contribution in [2.24, 2.45) is 0 Å². The van der Waals surface area contributed by atoms with E-state index in [0.29, 0.717) is 25.0 Å². The topological polar surface area (TPSA) is 61.2 Å². The average Bonchev–Trinajstić information content (AvgIpc) is 2.89. The van der Waals surface area contributed by atoms with Gasteiger partial charge in [0.25, 0.3) is 0 Å². The highest BCUT2D eigenvalue weighted by atomic mass is 19.1. The maximum Gasteiger partial charge on any atom is 0.176 e. The number of aryl methyl sites for hydroxylation is 1. The largest absolute Gasteiger partial charge is 0.493 e. The van der Waals surface area contributed by atoms with E-state index < -0.39 is 0 Å². The molecular weight excluding hydrogens is 323 g/mol. The molecule has 0 aliphatic carbocycles. The van der Waals surface area contributed by atoms with Gasteiger partial charge in [0, 0.05) is 37.2 Å². The molecular formula is C18H23FN4O2. The smallest absolute Gasteiger partial charge is 0.176 e. The number of benzene rings is 1. The summed E-state index contributed by atoms with van der Waals surface area (Å²) in [7, 11) is 1.65. The van der Waals surface area contributed by atoms with Crippen molar-refractivity contribution >= 4 is 0 Å². The fourth-order valence-electron chi connectivity index (χ4n) is 3.69. The molecule has 25 heavy (non-hydrogen) atoms. The van der Waals surface area contributed by atoms with Crippen LogP contribution in [0.4, 0.5) is 4.39 Å². The van der Waals surface area contributed by atoms with Gasteiger partial charge in [-0.15, -0.1) is 0 Å². The Morgan fingerprint density at radius 3 is 3.20 bits per heavy atom. The highest BCUT2D eigenvalue weighted by Gasteiger charge is 2.27. The van der Waals surface area contributed by atoms with E-state index in [1.54, 1.807) is 7.11 Å². The number of rotatable bonds is 4. The number of hydrogen-bond donors (Lipinski definition) is 1. The van der Waals surface area contributed by atoms with Crippen LogP contribution in [-0.4, -0.2) is 34.5 Å². The van der Waals surface area contributed by atoms with Crippen LogP contribution in [0.2, 0.25) is 0 Å². The molecule has 0 fully saturated rings. The third-order valence-electron chi connectivity index (χ3n) is 4.86. The van der Waals surface area contributed by atoms with Gasteiger partial charge in [-0.25, -0.2) is 14.1 Å². The molecule has 2 aromatic rings. The summed E-state index contributed by atoms with van der Waals surface area (Å²) < 4.78 is 26.3. The zero-order chi connectivity index (χ0) is 17.2. The van der Waals surface area contributed by atoms with Gasteiger partial charge in [0.15, 0.2) is 5.82 Å². The van der Waals surface area contributed by atoms with Crippen LogP contribution in [0.15, 0.2) is 18.2 Å². The van der Waals surface area contributed by atoms with Gasteiger partial charge in [-0.05, 0) is 25.3 Å². The number of fused-ring (bicyclic) bond motifs is 2. The van der Waals surface area contributed by atoms with Gasteiger partial charge in [0.05, 0.1) is 13.2 Å². The molecule has 0 amide bonds. The Hall–Kier alpha value is -1.99. The first-order valence-electron chi connectivity index (χ1n) is 8.83. The predicted octanol–water partition coefficient (Wildman–Crippen LogP) is 2.38. The quantitative estimate of drug-likeness (QED) is 0.921. The number of aromatic nitrogens is 3. The predicted molar refractivity (Wildman–Crippen MR) is 89.8 cm³/mol. The lowest BCUT2D eigenvalue weighted by Gasteiger charge is -2.28. The SMILES string of the molecule is COCc1nc2n(n1)C[C@@H](N[C@@H]1CCCOc3cc(F)ccc31)CC2. The lowest BCUT2D eigenvalue weighted by molar-refractivity contribution is 0.177. The second-order valence-corrected chi connectivity index (χ2v) is 6.69. The Morgan fingerprint density at radius 2 is 2.32 bits per heavy atom. The first-order valence-corrected chi connectivity index (χ1v) is 8.83. The van der Waals surface area contributed by atoms with Gasteiger partial charge < -0.3 is 14.8 Å². The Morgan fingerprint density at radius 1 is 1.40 bits per heavy atom. The molecule has 6 nitrogen and oxygen atoms in total. The number of methoxy groups -OCH3 is 1. The summed E-state index contributed by atoms with van der Waals surface area (Å²) in [6.07, 6.45) is 3.84. The van der Waals surface area contributed by atoms with Gasteiger partial charge in [0.2, 0.25) is 0 Å². The van der Waals surface area contributed by atoms with Crippen molar-refractivity contribution in [1.82, 2.24) is 20.1 Å². The third kappa shape index (κ3) is 3.52. The van der Waals surface area contributed by atoms with E-state index in [0.717, 1.165) is 49.4 Å². The summed E-state index contributed by atoms with van der Waals surface area (Å²) in [4.78, 5) is 4.52. The van der Waals surface area contributed by atoms with Crippen LogP contribution in [0.3, 0.4) is 0 Å². The molecule has 2 aliphatic rings. The summed E-state index contributed by atoms with van der Waals surface area (Å²) in [5, 5.41) is 8.26. The van der Waals surface area contributed by atoms with Gasteiger partial charge >= 0.3 is 0 Å². The standard InChI is InChI=1S/C18H23FN4O2/c1-24-11-17-21-18-7-5-13(10-23(18)22-17)20-15-3-2-8-25-16-9-12(19)4-6-14(15)16/h4,6,9,13,15,20H,2-3,5,7-8,10-11H2,1H3/t13-,15+/m0/s1. The maximum absolute atomic E-state index is 13.5. The van der Waals surface area contributed by atoms with Gasteiger partial charge in [0.1, 0.15) is 24.0 Å². The summed E-state index contributed by atoms with van der Waals surface area (Å²) >= 11 is 0. The molecule has 0 spiro atoms. The van der Waals surface area contributed by atoms with Crippen molar-refractivity contribution in [3.05, 3.63) is 41.2 Å².